The second-order valence-corrected chi connectivity index (χ2v) is 7.85. The van der Waals surface area contributed by atoms with Gasteiger partial charge in [0.1, 0.15) is 11.5 Å². The molecule has 2 aliphatic heterocycles. The van der Waals surface area contributed by atoms with Gasteiger partial charge in [0.2, 0.25) is 0 Å². The second-order valence-electron chi connectivity index (χ2n) is 7.85. The molecule has 1 aromatic rings. The van der Waals surface area contributed by atoms with Crippen LogP contribution >= 0.6 is 0 Å². The van der Waals surface area contributed by atoms with Crippen LogP contribution < -0.4 is 9.47 Å². The lowest BCUT2D eigenvalue weighted by Crippen LogP contribution is -2.58. The number of hydrogen-bond acceptors (Lipinski definition) is 6. The lowest BCUT2D eigenvalue weighted by Gasteiger charge is -2.47. The van der Waals surface area contributed by atoms with Gasteiger partial charge in [0.25, 0.3) is 0 Å². The highest BCUT2D eigenvalue weighted by molar-refractivity contribution is 5.40. The summed E-state index contributed by atoms with van der Waals surface area (Å²) in [5.74, 6) is 1.70. The van der Waals surface area contributed by atoms with Crippen molar-refractivity contribution in [3.63, 3.8) is 0 Å². The topological polar surface area (TPSA) is 48.4 Å². The molecule has 6 nitrogen and oxygen atoms in total. The smallest absolute Gasteiger partial charge is 0.127 e. The zero-order valence-corrected chi connectivity index (χ0v) is 17.1. The SMILES string of the molecule is COc1ccc(CN2CCN(C3CCN(C)CC3)[C@H](CCO)C2)c(OC)c1. The van der Waals surface area contributed by atoms with Crippen LogP contribution in [-0.4, -0.2) is 92.5 Å². The van der Waals surface area contributed by atoms with Crippen molar-refractivity contribution in [2.24, 2.45) is 0 Å². The monoisotopic (exact) mass is 377 g/mol. The Bertz CT molecular complexity index is 590. The minimum Gasteiger partial charge on any atom is -0.497 e. The molecule has 0 spiro atoms. The highest BCUT2D eigenvalue weighted by Crippen LogP contribution is 2.28. The number of piperidine rings is 1. The van der Waals surface area contributed by atoms with Crippen molar-refractivity contribution < 1.29 is 14.6 Å². The summed E-state index contributed by atoms with van der Waals surface area (Å²) >= 11 is 0. The normalized spacial score (nSPS) is 23.5. The Hall–Kier alpha value is -1.34. The lowest BCUT2D eigenvalue weighted by molar-refractivity contribution is 0.00581. The average Bonchev–Trinajstić information content (AvgIpc) is 2.69. The number of benzene rings is 1. The first-order valence-electron chi connectivity index (χ1n) is 10.1. The Morgan fingerprint density at radius 1 is 1.07 bits per heavy atom. The summed E-state index contributed by atoms with van der Waals surface area (Å²) in [6, 6.07) is 7.15. The highest BCUT2D eigenvalue weighted by Gasteiger charge is 2.33. The zero-order valence-electron chi connectivity index (χ0n) is 17.1. The first-order chi connectivity index (χ1) is 13.1. The predicted molar refractivity (Wildman–Crippen MR) is 108 cm³/mol. The molecule has 2 saturated heterocycles. The van der Waals surface area contributed by atoms with Gasteiger partial charge in [0, 0.05) is 56.5 Å². The van der Waals surface area contributed by atoms with Gasteiger partial charge in [-0.3, -0.25) is 9.80 Å². The number of rotatable bonds is 7. The molecule has 27 heavy (non-hydrogen) atoms. The van der Waals surface area contributed by atoms with E-state index < -0.39 is 0 Å². The fourth-order valence-electron chi connectivity index (χ4n) is 4.51. The summed E-state index contributed by atoms with van der Waals surface area (Å²) < 4.78 is 10.9. The minimum absolute atomic E-state index is 0.257. The van der Waals surface area contributed by atoms with E-state index in [0.29, 0.717) is 12.1 Å². The number of piperazine rings is 1. The summed E-state index contributed by atoms with van der Waals surface area (Å²) in [6.07, 6.45) is 3.33. The Balaban J connectivity index is 1.64. The third-order valence-corrected chi connectivity index (χ3v) is 6.12. The van der Waals surface area contributed by atoms with Crippen LogP contribution in [0.2, 0.25) is 0 Å². The maximum Gasteiger partial charge on any atom is 0.127 e. The van der Waals surface area contributed by atoms with Crippen molar-refractivity contribution in [1.82, 2.24) is 14.7 Å². The molecular weight excluding hydrogens is 342 g/mol. The van der Waals surface area contributed by atoms with E-state index in [1.54, 1.807) is 14.2 Å². The Kier molecular flexibility index (Phi) is 7.35. The van der Waals surface area contributed by atoms with Crippen molar-refractivity contribution in [3.8, 4) is 11.5 Å². The standard InChI is InChI=1S/C21H35N3O3/c1-22-9-6-18(7-10-22)24-12-11-23(16-19(24)8-13-25)15-17-4-5-20(26-2)14-21(17)27-3/h4-5,14,18-19,25H,6-13,15-16H2,1-3H3/t19-/m1/s1. The summed E-state index contributed by atoms with van der Waals surface area (Å²) in [4.78, 5) is 7.59. The van der Waals surface area contributed by atoms with Gasteiger partial charge in [-0.25, -0.2) is 0 Å². The molecule has 0 bridgehead atoms. The zero-order chi connectivity index (χ0) is 19.2. The number of methoxy groups -OCH3 is 2. The van der Waals surface area contributed by atoms with Crippen molar-refractivity contribution in [1.29, 1.82) is 0 Å². The van der Waals surface area contributed by atoms with E-state index in [1.807, 2.05) is 12.1 Å². The molecule has 0 saturated carbocycles. The maximum atomic E-state index is 9.61. The van der Waals surface area contributed by atoms with Crippen LogP contribution in [-0.2, 0) is 6.54 Å². The molecule has 2 fully saturated rings. The number of nitrogens with zero attached hydrogens (tertiary/aromatic N) is 3. The molecule has 0 aliphatic carbocycles. The van der Waals surface area contributed by atoms with E-state index >= 15 is 0 Å². The summed E-state index contributed by atoms with van der Waals surface area (Å²) in [5.41, 5.74) is 1.19. The molecule has 0 unspecified atom stereocenters. The van der Waals surface area contributed by atoms with E-state index in [1.165, 1.54) is 31.5 Å². The van der Waals surface area contributed by atoms with Gasteiger partial charge < -0.3 is 19.5 Å². The summed E-state index contributed by atoms with van der Waals surface area (Å²) in [5, 5.41) is 9.61. The van der Waals surface area contributed by atoms with Crippen LogP contribution in [0.3, 0.4) is 0 Å². The van der Waals surface area contributed by atoms with Gasteiger partial charge in [0.15, 0.2) is 0 Å². The Morgan fingerprint density at radius 3 is 2.52 bits per heavy atom. The van der Waals surface area contributed by atoms with Crippen molar-refractivity contribution >= 4 is 0 Å². The number of aliphatic hydroxyl groups is 1. The third kappa shape index (κ3) is 5.13. The molecule has 3 rings (SSSR count). The molecule has 1 aromatic carbocycles. The fourth-order valence-corrected chi connectivity index (χ4v) is 4.51. The fraction of sp³-hybridized carbons (Fsp3) is 0.714. The summed E-state index contributed by atoms with van der Waals surface area (Å²) in [6.45, 7) is 6.63. The lowest BCUT2D eigenvalue weighted by atomic mass is 9.98. The van der Waals surface area contributed by atoms with E-state index in [2.05, 4.69) is 27.8 Å². The van der Waals surface area contributed by atoms with Crippen molar-refractivity contribution in [3.05, 3.63) is 23.8 Å². The van der Waals surface area contributed by atoms with E-state index in [4.69, 9.17) is 9.47 Å². The van der Waals surface area contributed by atoms with Gasteiger partial charge in [-0.2, -0.15) is 0 Å². The Morgan fingerprint density at radius 2 is 1.85 bits per heavy atom. The maximum absolute atomic E-state index is 9.61. The molecule has 6 heteroatoms. The number of likely N-dealkylation sites (tertiary alicyclic amines) is 1. The van der Waals surface area contributed by atoms with Crippen LogP contribution in [0.15, 0.2) is 18.2 Å². The van der Waals surface area contributed by atoms with E-state index in [0.717, 1.165) is 44.1 Å². The quantitative estimate of drug-likeness (QED) is 0.780. The number of hydrogen-bond donors (Lipinski definition) is 1. The molecule has 152 valence electrons. The molecule has 0 aromatic heterocycles. The Labute approximate surface area is 163 Å². The molecule has 0 radical (unpaired) electrons. The van der Waals surface area contributed by atoms with Gasteiger partial charge in [-0.1, -0.05) is 6.07 Å². The molecular formula is C21H35N3O3. The first kappa shape index (κ1) is 20.4. The molecule has 1 atom stereocenters. The van der Waals surface area contributed by atoms with E-state index in [9.17, 15) is 5.11 Å². The number of aliphatic hydroxyl groups excluding tert-OH is 1. The summed E-state index contributed by atoms with van der Waals surface area (Å²) in [7, 11) is 5.60. The van der Waals surface area contributed by atoms with Gasteiger partial charge in [0.05, 0.1) is 14.2 Å². The van der Waals surface area contributed by atoms with E-state index in [-0.39, 0.29) is 6.61 Å². The first-order valence-corrected chi connectivity index (χ1v) is 10.1. The second kappa shape index (κ2) is 9.73. The van der Waals surface area contributed by atoms with Gasteiger partial charge in [-0.15, -0.1) is 0 Å². The van der Waals surface area contributed by atoms with Crippen molar-refractivity contribution in [2.45, 2.75) is 37.9 Å². The molecule has 1 N–H and O–H groups in total. The largest absolute Gasteiger partial charge is 0.497 e. The van der Waals surface area contributed by atoms with Crippen molar-refractivity contribution in [2.75, 3.05) is 60.6 Å². The van der Waals surface area contributed by atoms with Gasteiger partial charge in [-0.05, 0) is 45.5 Å². The number of ether oxygens (including phenoxy) is 2. The highest BCUT2D eigenvalue weighted by atomic mass is 16.5. The molecule has 0 amide bonds. The van der Waals surface area contributed by atoms with Crippen LogP contribution in [0.1, 0.15) is 24.8 Å². The van der Waals surface area contributed by atoms with Gasteiger partial charge >= 0.3 is 0 Å². The van der Waals surface area contributed by atoms with Crippen LogP contribution in [0, 0.1) is 0 Å². The average molecular weight is 378 g/mol. The van der Waals surface area contributed by atoms with Crippen LogP contribution in [0.5, 0.6) is 11.5 Å². The third-order valence-electron chi connectivity index (χ3n) is 6.12. The minimum atomic E-state index is 0.257. The van der Waals surface area contributed by atoms with Crippen LogP contribution in [0.4, 0.5) is 0 Å². The van der Waals surface area contributed by atoms with Crippen LogP contribution in [0.25, 0.3) is 0 Å². The molecule has 2 aliphatic rings. The predicted octanol–water partition coefficient (Wildman–Crippen LogP) is 1.67. The molecule has 2 heterocycles.